The number of thioether (sulfide) groups is 1. The molecule has 0 saturated carbocycles. The third-order valence-corrected chi connectivity index (χ3v) is 6.56. The second-order valence-electron chi connectivity index (χ2n) is 6.43. The van der Waals surface area contributed by atoms with Gasteiger partial charge in [0.25, 0.3) is 15.9 Å². The molecule has 7 heteroatoms. The number of carbonyl (C=O) groups is 1. The summed E-state index contributed by atoms with van der Waals surface area (Å²) in [5.41, 5.74) is 1.46. The first kappa shape index (κ1) is 21.0. The molecule has 0 heterocycles. The van der Waals surface area contributed by atoms with E-state index in [0.717, 1.165) is 10.5 Å². The summed E-state index contributed by atoms with van der Waals surface area (Å²) in [6, 6.07) is 22.5. The summed E-state index contributed by atoms with van der Waals surface area (Å²) in [7, 11) is -3.81. The van der Waals surface area contributed by atoms with Crippen LogP contribution in [0, 0.1) is 0 Å². The summed E-state index contributed by atoms with van der Waals surface area (Å²) in [4.78, 5) is 13.9. The van der Waals surface area contributed by atoms with Crippen LogP contribution < -0.4 is 10.0 Å². The van der Waals surface area contributed by atoms with Gasteiger partial charge >= 0.3 is 0 Å². The molecule has 29 heavy (non-hydrogen) atoms. The minimum absolute atomic E-state index is 0.142. The van der Waals surface area contributed by atoms with Crippen molar-refractivity contribution in [2.75, 3.05) is 11.0 Å². The van der Waals surface area contributed by atoms with Crippen molar-refractivity contribution in [1.29, 1.82) is 0 Å². The van der Waals surface area contributed by atoms with Crippen molar-refractivity contribution in [3.63, 3.8) is 0 Å². The molecule has 0 aliphatic carbocycles. The van der Waals surface area contributed by atoms with Crippen molar-refractivity contribution < 1.29 is 13.2 Å². The summed E-state index contributed by atoms with van der Waals surface area (Å²) in [6.07, 6.45) is 1.92. The smallest absolute Gasteiger partial charge is 0.261 e. The summed E-state index contributed by atoms with van der Waals surface area (Å²) in [6.45, 7) is 1.88. The van der Waals surface area contributed by atoms with E-state index in [0.29, 0.717) is 0 Å². The highest BCUT2D eigenvalue weighted by Crippen LogP contribution is 2.23. The second kappa shape index (κ2) is 9.15. The molecule has 3 aromatic rings. The van der Waals surface area contributed by atoms with Gasteiger partial charge in [-0.2, -0.15) is 0 Å². The summed E-state index contributed by atoms with van der Waals surface area (Å²) >= 11 is 1.53. The number of carbonyl (C=O) groups excluding carboxylic acids is 1. The van der Waals surface area contributed by atoms with E-state index in [2.05, 4.69) is 10.0 Å². The molecule has 3 rings (SSSR count). The predicted octanol–water partition coefficient (Wildman–Crippen LogP) is 4.70. The van der Waals surface area contributed by atoms with Gasteiger partial charge in [0.1, 0.15) is 0 Å². The maximum Gasteiger partial charge on any atom is 0.261 e. The minimum atomic E-state index is -3.81. The Morgan fingerprint density at radius 2 is 1.52 bits per heavy atom. The number of hydrogen-bond acceptors (Lipinski definition) is 4. The first-order chi connectivity index (χ1) is 13.9. The van der Waals surface area contributed by atoms with E-state index in [1.165, 1.54) is 11.8 Å². The topological polar surface area (TPSA) is 75.3 Å². The van der Waals surface area contributed by atoms with Crippen LogP contribution in [0.25, 0.3) is 0 Å². The Bertz CT molecular complexity index is 1080. The number of sulfonamides is 1. The number of anilines is 1. The average Bonchev–Trinajstić information content (AvgIpc) is 2.74. The highest BCUT2D eigenvalue weighted by molar-refractivity contribution is 7.98. The first-order valence-corrected chi connectivity index (χ1v) is 11.7. The van der Waals surface area contributed by atoms with Gasteiger partial charge in [0.05, 0.1) is 22.2 Å². The van der Waals surface area contributed by atoms with Crippen LogP contribution >= 0.6 is 11.8 Å². The Balaban J connectivity index is 1.81. The van der Waals surface area contributed by atoms with Crippen LogP contribution in [0.15, 0.2) is 88.7 Å². The number of para-hydroxylation sites is 1. The number of hydrogen-bond donors (Lipinski definition) is 2. The van der Waals surface area contributed by atoms with E-state index in [1.54, 1.807) is 48.5 Å². The van der Waals surface area contributed by atoms with E-state index in [-0.39, 0.29) is 28.1 Å². The fourth-order valence-electron chi connectivity index (χ4n) is 2.83. The number of rotatable bonds is 7. The molecule has 1 atom stereocenters. The molecule has 0 spiro atoms. The van der Waals surface area contributed by atoms with Crippen LogP contribution in [0.5, 0.6) is 0 Å². The van der Waals surface area contributed by atoms with Gasteiger partial charge < -0.3 is 5.32 Å². The van der Waals surface area contributed by atoms with E-state index in [4.69, 9.17) is 0 Å². The van der Waals surface area contributed by atoms with Crippen molar-refractivity contribution in [2.45, 2.75) is 22.8 Å². The standard InChI is InChI=1S/C22H22N2O3S2/c1-16(17-8-4-3-5-9-17)23-22(25)20-10-6-7-11-21(20)24-29(26,27)19-14-12-18(28-2)13-15-19/h3-16,24H,1-2H3,(H,23,25)/t16-/m1/s1. The lowest BCUT2D eigenvalue weighted by Gasteiger charge is -2.17. The van der Waals surface area contributed by atoms with Crippen LogP contribution in [-0.2, 0) is 10.0 Å². The van der Waals surface area contributed by atoms with Gasteiger partial charge in [-0.15, -0.1) is 11.8 Å². The van der Waals surface area contributed by atoms with Crippen molar-refractivity contribution in [3.05, 3.63) is 90.0 Å². The molecule has 1 amide bonds. The van der Waals surface area contributed by atoms with E-state index in [9.17, 15) is 13.2 Å². The van der Waals surface area contributed by atoms with Crippen molar-refractivity contribution in [1.82, 2.24) is 5.32 Å². The Morgan fingerprint density at radius 1 is 0.897 bits per heavy atom. The molecule has 0 saturated heterocycles. The van der Waals surface area contributed by atoms with E-state index in [1.807, 2.05) is 43.5 Å². The fourth-order valence-corrected chi connectivity index (χ4v) is 4.32. The molecule has 2 N–H and O–H groups in total. The maximum absolute atomic E-state index is 12.8. The van der Waals surface area contributed by atoms with Gasteiger partial charge in [-0.1, -0.05) is 42.5 Å². The Morgan fingerprint density at radius 3 is 2.17 bits per heavy atom. The molecule has 0 unspecified atom stereocenters. The summed E-state index contributed by atoms with van der Waals surface area (Å²) in [5.74, 6) is -0.350. The summed E-state index contributed by atoms with van der Waals surface area (Å²) in [5, 5.41) is 2.92. The van der Waals surface area contributed by atoms with Crippen LogP contribution in [0.2, 0.25) is 0 Å². The van der Waals surface area contributed by atoms with Gasteiger partial charge in [0.2, 0.25) is 0 Å². The van der Waals surface area contributed by atoms with Gasteiger partial charge in [-0.3, -0.25) is 9.52 Å². The minimum Gasteiger partial charge on any atom is -0.345 e. The molecular weight excluding hydrogens is 404 g/mol. The molecule has 0 bridgehead atoms. The molecule has 0 aliphatic rings. The Labute approximate surface area is 175 Å². The number of amides is 1. The van der Waals surface area contributed by atoms with Crippen LogP contribution in [0.4, 0.5) is 5.69 Å². The number of nitrogens with one attached hydrogen (secondary N) is 2. The zero-order valence-corrected chi connectivity index (χ0v) is 17.8. The molecule has 3 aromatic carbocycles. The molecule has 150 valence electrons. The van der Waals surface area contributed by atoms with E-state index >= 15 is 0 Å². The average molecular weight is 427 g/mol. The van der Waals surface area contributed by atoms with Gasteiger partial charge in [-0.25, -0.2) is 8.42 Å². The lowest BCUT2D eigenvalue weighted by Crippen LogP contribution is -2.28. The Hall–Kier alpha value is -2.77. The van der Waals surface area contributed by atoms with Gasteiger partial charge in [0.15, 0.2) is 0 Å². The van der Waals surface area contributed by atoms with Crippen LogP contribution in [0.3, 0.4) is 0 Å². The molecule has 0 radical (unpaired) electrons. The number of benzene rings is 3. The summed E-state index contributed by atoms with van der Waals surface area (Å²) < 4.78 is 28.1. The normalized spacial score (nSPS) is 12.2. The highest BCUT2D eigenvalue weighted by atomic mass is 32.2. The maximum atomic E-state index is 12.8. The van der Waals surface area contributed by atoms with E-state index < -0.39 is 10.0 Å². The molecular formula is C22H22N2O3S2. The van der Waals surface area contributed by atoms with Gasteiger partial charge in [0, 0.05) is 4.90 Å². The first-order valence-electron chi connectivity index (χ1n) is 9.02. The van der Waals surface area contributed by atoms with Crippen LogP contribution in [0.1, 0.15) is 28.9 Å². The SMILES string of the molecule is CSc1ccc(S(=O)(=O)Nc2ccccc2C(=O)N[C@H](C)c2ccccc2)cc1. The van der Waals surface area contributed by atoms with Gasteiger partial charge in [-0.05, 0) is 55.1 Å². The molecule has 0 fully saturated rings. The lowest BCUT2D eigenvalue weighted by molar-refractivity contribution is 0.0941. The fraction of sp³-hybridized carbons (Fsp3) is 0.136. The molecule has 0 aliphatic heterocycles. The second-order valence-corrected chi connectivity index (χ2v) is 8.99. The zero-order valence-electron chi connectivity index (χ0n) is 16.1. The lowest BCUT2D eigenvalue weighted by atomic mass is 10.1. The van der Waals surface area contributed by atoms with Crippen molar-refractivity contribution in [3.8, 4) is 0 Å². The third kappa shape index (κ3) is 5.19. The Kier molecular flexibility index (Phi) is 6.61. The third-order valence-electron chi connectivity index (χ3n) is 4.43. The van der Waals surface area contributed by atoms with Crippen molar-refractivity contribution in [2.24, 2.45) is 0 Å². The monoisotopic (exact) mass is 426 g/mol. The molecule has 5 nitrogen and oxygen atoms in total. The van der Waals surface area contributed by atoms with Crippen molar-refractivity contribution >= 4 is 33.4 Å². The quantitative estimate of drug-likeness (QED) is 0.537. The zero-order chi connectivity index (χ0) is 20.9. The highest BCUT2D eigenvalue weighted by Gasteiger charge is 2.19. The molecule has 0 aromatic heterocycles. The predicted molar refractivity (Wildman–Crippen MR) is 118 cm³/mol. The van der Waals surface area contributed by atoms with Crippen LogP contribution in [-0.4, -0.2) is 20.6 Å². The largest absolute Gasteiger partial charge is 0.345 e.